The minimum atomic E-state index is -0.639. The lowest BCUT2D eigenvalue weighted by Crippen LogP contribution is -2.52. The van der Waals surface area contributed by atoms with Crippen LogP contribution in [-0.2, 0) is 4.79 Å². The summed E-state index contributed by atoms with van der Waals surface area (Å²) >= 11 is 0. The first-order chi connectivity index (χ1) is 15.7. The van der Waals surface area contributed by atoms with Crippen LogP contribution in [0.5, 0.6) is 5.75 Å². The van der Waals surface area contributed by atoms with Gasteiger partial charge in [0.2, 0.25) is 5.91 Å². The monoisotopic (exact) mass is 430 g/mol. The third kappa shape index (κ3) is 3.49. The van der Waals surface area contributed by atoms with Crippen molar-refractivity contribution in [1.29, 1.82) is 0 Å². The Balaban J connectivity index is 1.37. The summed E-state index contributed by atoms with van der Waals surface area (Å²) in [6, 6.07) is 16.2. The van der Waals surface area contributed by atoms with Crippen LogP contribution in [0.3, 0.4) is 0 Å². The summed E-state index contributed by atoms with van der Waals surface area (Å²) in [6.45, 7) is 0.571. The Hall–Kier alpha value is -4.07. The minimum absolute atomic E-state index is 0.164. The number of rotatable bonds is 5. The van der Waals surface area contributed by atoms with Gasteiger partial charge < -0.3 is 19.4 Å². The Morgan fingerprint density at radius 2 is 2.03 bits per heavy atom. The molecule has 2 amide bonds. The number of aromatic nitrogens is 2. The van der Waals surface area contributed by atoms with Crippen molar-refractivity contribution in [1.82, 2.24) is 15.5 Å². The Kier molecular flexibility index (Phi) is 5.10. The predicted octanol–water partition coefficient (Wildman–Crippen LogP) is 3.76. The van der Waals surface area contributed by atoms with Gasteiger partial charge in [-0.3, -0.25) is 14.7 Å². The van der Waals surface area contributed by atoms with Crippen molar-refractivity contribution >= 4 is 28.5 Å². The molecule has 1 aliphatic heterocycles. The van der Waals surface area contributed by atoms with Crippen LogP contribution in [0, 0.1) is 0 Å². The molecule has 1 unspecified atom stereocenters. The molecule has 1 aliphatic rings. The Morgan fingerprint density at radius 1 is 1.22 bits per heavy atom. The number of H-pyrrole nitrogens is 1. The molecule has 1 fully saturated rings. The van der Waals surface area contributed by atoms with Crippen molar-refractivity contribution < 1.29 is 18.7 Å². The van der Waals surface area contributed by atoms with E-state index in [4.69, 9.17) is 9.15 Å². The number of carbonyl (C=O) groups is 2. The van der Waals surface area contributed by atoms with Gasteiger partial charge in [-0.05, 0) is 37.1 Å². The van der Waals surface area contributed by atoms with E-state index in [0.717, 1.165) is 17.4 Å². The summed E-state index contributed by atoms with van der Waals surface area (Å²) in [5.41, 5.74) is 2.22. The number of fused-ring (bicyclic) bond motifs is 1. The maximum Gasteiger partial charge on any atom is 0.255 e. The van der Waals surface area contributed by atoms with Crippen LogP contribution in [0.4, 0.5) is 5.69 Å². The highest BCUT2D eigenvalue weighted by molar-refractivity contribution is 6.05. The number of piperidine rings is 1. The van der Waals surface area contributed by atoms with Crippen LogP contribution >= 0.6 is 0 Å². The molecule has 0 bridgehead atoms. The molecule has 1 atom stereocenters. The number of furan rings is 1. The van der Waals surface area contributed by atoms with E-state index in [2.05, 4.69) is 15.5 Å². The Labute approximate surface area is 184 Å². The second kappa shape index (κ2) is 8.22. The number of ether oxygens (including phenoxy) is 1. The second-order valence-corrected chi connectivity index (χ2v) is 7.64. The second-order valence-electron chi connectivity index (χ2n) is 7.64. The van der Waals surface area contributed by atoms with Gasteiger partial charge in [0.15, 0.2) is 5.76 Å². The summed E-state index contributed by atoms with van der Waals surface area (Å²) in [6.07, 6.45) is 2.77. The molecule has 8 nitrogen and oxygen atoms in total. The average Bonchev–Trinajstić information content (AvgIpc) is 3.47. The van der Waals surface area contributed by atoms with Crippen molar-refractivity contribution in [2.45, 2.75) is 18.9 Å². The number of methoxy groups -OCH3 is 1. The molecule has 4 aromatic rings. The van der Waals surface area contributed by atoms with Gasteiger partial charge in [0, 0.05) is 11.9 Å². The zero-order valence-electron chi connectivity index (χ0n) is 17.5. The van der Waals surface area contributed by atoms with Crippen LogP contribution < -0.4 is 15.0 Å². The first-order valence-corrected chi connectivity index (χ1v) is 10.4. The highest BCUT2D eigenvalue weighted by Gasteiger charge is 2.33. The number of hydrogen-bond donors (Lipinski definition) is 2. The van der Waals surface area contributed by atoms with E-state index < -0.39 is 6.04 Å². The van der Waals surface area contributed by atoms with Gasteiger partial charge in [-0.25, -0.2) is 0 Å². The molecule has 162 valence electrons. The fourth-order valence-electron chi connectivity index (χ4n) is 4.09. The van der Waals surface area contributed by atoms with Crippen LogP contribution in [0.25, 0.3) is 22.4 Å². The molecule has 0 spiro atoms. The molecule has 2 aromatic heterocycles. The molecular weight excluding hydrogens is 408 g/mol. The molecule has 2 N–H and O–H groups in total. The summed E-state index contributed by atoms with van der Waals surface area (Å²) in [5, 5.41) is 10.7. The molecule has 5 rings (SSSR count). The Morgan fingerprint density at radius 3 is 2.88 bits per heavy atom. The topological polar surface area (TPSA) is 100 Å². The zero-order chi connectivity index (χ0) is 22.1. The maximum absolute atomic E-state index is 13.2. The molecule has 8 heteroatoms. The van der Waals surface area contributed by atoms with E-state index >= 15 is 0 Å². The highest BCUT2D eigenvalue weighted by atomic mass is 16.5. The molecule has 0 saturated carbocycles. The molecule has 2 aromatic carbocycles. The van der Waals surface area contributed by atoms with E-state index in [1.165, 1.54) is 6.20 Å². The highest BCUT2D eigenvalue weighted by Crippen LogP contribution is 2.31. The fourth-order valence-corrected chi connectivity index (χ4v) is 4.09. The molecule has 1 saturated heterocycles. The van der Waals surface area contributed by atoms with Crippen LogP contribution in [0.15, 0.2) is 65.2 Å². The number of hydrogen-bond acceptors (Lipinski definition) is 5. The largest absolute Gasteiger partial charge is 0.495 e. The Bertz CT molecular complexity index is 1260. The van der Waals surface area contributed by atoms with E-state index in [1.807, 2.05) is 54.6 Å². The SMILES string of the molecule is COc1ccccc1N1CCCC(NC(=O)c2cn[nH]c2-c2cc3ccccc3o2)C1=O. The van der Waals surface area contributed by atoms with Crippen molar-refractivity contribution in [2.75, 3.05) is 18.6 Å². The van der Waals surface area contributed by atoms with E-state index in [-0.39, 0.29) is 11.8 Å². The lowest BCUT2D eigenvalue weighted by atomic mass is 10.0. The van der Waals surface area contributed by atoms with Crippen molar-refractivity contribution in [3.8, 4) is 17.2 Å². The number of aromatic amines is 1. The van der Waals surface area contributed by atoms with Crippen molar-refractivity contribution in [2.24, 2.45) is 0 Å². The number of carbonyl (C=O) groups excluding carboxylic acids is 2. The average molecular weight is 430 g/mol. The smallest absolute Gasteiger partial charge is 0.255 e. The standard InChI is InChI=1S/C24H22N4O4/c1-31-20-11-5-3-9-18(20)28-12-6-8-17(24(28)30)26-23(29)16-14-25-27-22(16)21-13-15-7-2-4-10-19(15)32-21/h2-5,7,9-11,13-14,17H,6,8,12H2,1H3,(H,25,27)(H,26,29). The van der Waals surface area contributed by atoms with E-state index in [1.54, 1.807) is 12.0 Å². The van der Waals surface area contributed by atoms with Gasteiger partial charge in [-0.15, -0.1) is 0 Å². The zero-order valence-corrected chi connectivity index (χ0v) is 17.5. The lowest BCUT2D eigenvalue weighted by Gasteiger charge is -2.33. The van der Waals surface area contributed by atoms with Gasteiger partial charge in [-0.1, -0.05) is 30.3 Å². The third-order valence-corrected chi connectivity index (χ3v) is 5.68. The van der Waals surface area contributed by atoms with Gasteiger partial charge >= 0.3 is 0 Å². The molecular formula is C24H22N4O4. The number of anilines is 1. The molecule has 3 heterocycles. The number of para-hydroxylation sites is 3. The van der Waals surface area contributed by atoms with Gasteiger partial charge in [0.1, 0.15) is 23.1 Å². The predicted molar refractivity (Wildman–Crippen MR) is 120 cm³/mol. The summed E-state index contributed by atoms with van der Waals surface area (Å²) in [7, 11) is 1.57. The fraction of sp³-hybridized carbons (Fsp3) is 0.208. The van der Waals surface area contributed by atoms with E-state index in [9.17, 15) is 9.59 Å². The van der Waals surface area contributed by atoms with Crippen molar-refractivity contribution in [3.05, 3.63) is 66.4 Å². The summed E-state index contributed by atoms with van der Waals surface area (Å²) in [4.78, 5) is 27.9. The van der Waals surface area contributed by atoms with Gasteiger partial charge in [0.25, 0.3) is 5.91 Å². The van der Waals surface area contributed by atoms with Gasteiger partial charge in [-0.2, -0.15) is 5.10 Å². The van der Waals surface area contributed by atoms with Crippen LogP contribution in [-0.4, -0.2) is 41.7 Å². The van der Waals surface area contributed by atoms with Crippen LogP contribution in [0.1, 0.15) is 23.2 Å². The van der Waals surface area contributed by atoms with E-state index in [0.29, 0.717) is 41.4 Å². The number of nitrogens with one attached hydrogen (secondary N) is 2. The van der Waals surface area contributed by atoms with Crippen molar-refractivity contribution in [3.63, 3.8) is 0 Å². The number of amides is 2. The normalized spacial score (nSPS) is 16.3. The van der Waals surface area contributed by atoms with Crippen LogP contribution in [0.2, 0.25) is 0 Å². The summed E-state index contributed by atoms with van der Waals surface area (Å²) in [5.74, 6) is 0.589. The quantitative estimate of drug-likeness (QED) is 0.502. The first-order valence-electron chi connectivity index (χ1n) is 10.4. The number of benzene rings is 2. The molecule has 0 radical (unpaired) electrons. The van der Waals surface area contributed by atoms with Gasteiger partial charge in [0.05, 0.1) is 24.6 Å². The molecule has 32 heavy (non-hydrogen) atoms. The number of nitrogens with zero attached hydrogens (tertiary/aromatic N) is 2. The third-order valence-electron chi connectivity index (χ3n) is 5.68. The summed E-state index contributed by atoms with van der Waals surface area (Å²) < 4.78 is 11.3. The minimum Gasteiger partial charge on any atom is -0.495 e. The molecule has 0 aliphatic carbocycles. The lowest BCUT2D eigenvalue weighted by molar-refractivity contribution is -0.121. The first kappa shape index (κ1) is 19.9. The maximum atomic E-state index is 13.2.